The van der Waals surface area contributed by atoms with Crippen molar-refractivity contribution >= 4 is 16.9 Å². The normalized spacial score (nSPS) is 28.7. The lowest BCUT2D eigenvalue weighted by molar-refractivity contribution is -0.00513. The van der Waals surface area contributed by atoms with Crippen LogP contribution in [0.25, 0.3) is 11.0 Å². The molecule has 0 unspecified atom stereocenters. The quantitative estimate of drug-likeness (QED) is 0.634. The lowest BCUT2D eigenvalue weighted by atomic mass is 9.48. The van der Waals surface area contributed by atoms with Gasteiger partial charge in [-0.25, -0.2) is 4.79 Å². The molecule has 1 amide bonds. The summed E-state index contributed by atoms with van der Waals surface area (Å²) in [6, 6.07) is 11.6. The highest BCUT2D eigenvalue weighted by atomic mass is 16.4. The van der Waals surface area contributed by atoms with Gasteiger partial charge in [0.25, 0.3) is 5.91 Å². The summed E-state index contributed by atoms with van der Waals surface area (Å²) in [5, 5.41) is 3.64. The van der Waals surface area contributed by atoms with Crippen molar-refractivity contribution in [1.29, 1.82) is 0 Å². The minimum Gasteiger partial charge on any atom is -0.422 e. The lowest BCUT2D eigenvalue weighted by Gasteiger charge is -2.57. The minimum atomic E-state index is -0.598. The smallest absolute Gasteiger partial charge is 0.349 e. The number of nitrogens with one attached hydrogen (secondary N) is 1. The van der Waals surface area contributed by atoms with E-state index in [9.17, 15) is 9.59 Å². The van der Waals surface area contributed by atoms with Crippen LogP contribution < -0.4 is 10.9 Å². The summed E-state index contributed by atoms with van der Waals surface area (Å²) >= 11 is 0. The molecule has 0 spiro atoms. The Balaban J connectivity index is 1.31. The maximum atomic E-state index is 12.7. The Bertz CT molecular complexity index is 1180. The molecule has 4 fully saturated rings. The first-order chi connectivity index (χ1) is 15.1. The molecule has 7 rings (SSSR count). The second-order valence-corrected chi connectivity index (χ2v) is 9.94. The van der Waals surface area contributed by atoms with Crippen LogP contribution in [0, 0.1) is 17.8 Å². The molecule has 4 bridgehead atoms. The Kier molecular flexibility index (Phi) is 4.27. The molecular weight excluding hydrogens is 388 g/mol. The van der Waals surface area contributed by atoms with Crippen LogP contribution in [0.4, 0.5) is 0 Å². The number of rotatable bonds is 4. The Morgan fingerprint density at radius 1 is 1.06 bits per heavy atom. The first kappa shape index (κ1) is 18.8. The predicted molar refractivity (Wildman–Crippen MR) is 118 cm³/mol. The molecule has 4 aliphatic rings. The van der Waals surface area contributed by atoms with Gasteiger partial charge in [-0.2, -0.15) is 0 Å². The van der Waals surface area contributed by atoms with Crippen molar-refractivity contribution in [3.8, 4) is 0 Å². The van der Waals surface area contributed by atoms with Crippen LogP contribution in [-0.2, 0) is 12.0 Å². The van der Waals surface area contributed by atoms with E-state index >= 15 is 0 Å². The number of fused-ring (bicyclic) bond motifs is 1. The molecule has 0 atom stereocenters. The van der Waals surface area contributed by atoms with Crippen molar-refractivity contribution in [2.24, 2.45) is 17.8 Å². The fraction of sp³-hybridized carbons (Fsp3) is 0.423. The molecule has 0 radical (unpaired) electrons. The standard InChI is InChI=1S/C26H26N2O3/c29-24(28-15-16-2-1-5-27-14-16)22-10-20-9-21(3-4-23(20)31-25(22)30)26-11-17-6-18(12-26)8-19(7-17)13-26/h1-5,9-10,14,17-19H,6-8,11-13,15H2,(H,28,29). The van der Waals surface area contributed by atoms with Gasteiger partial charge in [-0.15, -0.1) is 0 Å². The van der Waals surface area contributed by atoms with E-state index in [0.717, 1.165) is 28.7 Å². The molecule has 0 aliphatic heterocycles. The molecule has 4 aliphatic carbocycles. The molecule has 0 saturated heterocycles. The third kappa shape index (κ3) is 3.27. The molecule has 31 heavy (non-hydrogen) atoms. The molecule has 3 aromatic rings. The number of hydrogen-bond donors (Lipinski definition) is 1. The van der Waals surface area contributed by atoms with Crippen molar-refractivity contribution in [2.75, 3.05) is 0 Å². The van der Waals surface area contributed by atoms with Crippen LogP contribution in [0.1, 0.15) is 60.0 Å². The average molecular weight is 415 g/mol. The summed E-state index contributed by atoms with van der Waals surface area (Å²) in [4.78, 5) is 29.2. The van der Waals surface area contributed by atoms with Gasteiger partial charge in [0.1, 0.15) is 11.1 Å². The van der Waals surface area contributed by atoms with Gasteiger partial charge in [-0.05, 0) is 97.1 Å². The second-order valence-electron chi connectivity index (χ2n) is 9.94. The Morgan fingerprint density at radius 2 is 1.81 bits per heavy atom. The van der Waals surface area contributed by atoms with Gasteiger partial charge in [0.15, 0.2) is 0 Å². The molecular formula is C26H26N2O3. The van der Waals surface area contributed by atoms with Crippen molar-refractivity contribution in [1.82, 2.24) is 10.3 Å². The van der Waals surface area contributed by atoms with Crippen LogP contribution in [0.3, 0.4) is 0 Å². The first-order valence-electron chi connectivity index (χ1n) is 11.3. The van der Waals surface area contributed by atoms with Crippen molar-refractivity contribution < 1.29 is 9.21 Å². The highest BCUT2D eigenvalue weighted by Gasteiger charge is 2.51. The highest BCUT2D eigenvalue weighted by molar-refractivity contribution is 5.96. The Morgan fingerprint density at radius 3 is 2.48 bits per heavy atom. The molecule has 2 heterocycles. The van der Waals surface area contributed by atoms with Gasteiger partial charge in [0.2, 0.25) is 0 Å². The summed E-state index contributed by atoms with van der Waals surface area (Å²) in [5.41, 5.74) is 2.50. The molecule has 4 saturated carbocycles. The molecule has 2 aromatic heterocycles. The van der Waals surface area contributed by atoms with Gasteiger partial charge in [-0.3, -0.25) is 9.78 Å². The van der Waals surface area contributed by atoms with E-state index in [-0.39, 0.29) is 11.0 Å². The SMILES string of the molecule is O=C(NCc1cccnc1)c1cc2cc(C34CC5CC(CC(C5)C3)C4)ccc2oc1=O. The minimum absolute atomic E-state index is 0.0547. The van der Waals surface area contributed by atoms with Crippen LogP contribution >= 0.6 is 0 Å². The molecule has 5 nitrogen and oxygen atoms in total. The molecule has 1 N–H and O–H groups in total. The van der Waals surface area contributed by atoms with Crippen LogP contribution in [0.5, 0.6) is 0 Å². The number of carbonyl (C=O) groups is 1. The predicted octanol–water partition coefficient (Wildman–Crippen LogP) is 4.59. The Hall–Kier alpha value is -2.95. The van der Waals surface area contributed by atoms with E-state index in [1.54, 1.807) is 18.5 Å². The fourth-order valence-corrected chi connectivity index (χ4v) is 6.86. The topological polar surface area (TPSA) is 72.2 Å². The maximum Gasteiger partial charge on any atom is 0.349 e. The fourth-order valence-electron chi connectivity index (χ4n) is 6.86. The summed E-state index contributed by atoms with van der Waals surface area (Å²) < 4.78 is 5.51. The lowest BCUT2D eigenvalue weighted by Crippen LogP contribution is -2.48. The van der Waals surface area contributed by atoms with Gasteiger partial charge in [0, 0.05) is 24.3 Å². The number of pyridine rings is 1. The van der Waals surface area contributed by atoms with Gasteiger partial charge < -0.3 is 9.73 Å². The second kappa shape index (κ2) is 7.04. The van der Waals surface area contributed by atoms with E-state index < -0.39 is 11.5 Å². The van der Waals surface area contributed by atoms with Gasteiger partial charge >= 0.3 is 5.63 Å². The molecule has 1 aromatic carbocycles. The van der Waals surface area contributed by atoms with Gasteiger partial charge in [-0.1, -0.05) is 12.1 Å². The van der Waals surface area contributed by atoms with Crippen LogP contribution in [0.15, 0.2) is 58.0 Å². The number of carbonyl (C=O) groups excluding carboxylic acids is 1. The molecule has 158 valence electrons. The number of hydrogen-bond acceptors (Lipinski definition) is 4. The van der Waals surface area contributed by atoms with E-state index in [0.29, 0.717) is 12.1 Å². The molecule has 5 heteroatoms. The third-order valence-electron chi connectivity index (χ3n) is 7.80. The zero-order valence-corrected chi connectivity index (χ0v) is 17.5. The Labute approximate surface area is 180 Å². The van der Waals surface area contributed by atoms with E-state index in [2.05, 4.69) is 22.4 Å². The first-order valence-corrected chi connectivity index (χ1v) is 11.3. The number of nitrogens with zero attached hydrogens (tertiary/aromatic N) is 1. The largest absolute Gasteiger partial charge is 0.422 e. The van der Waals surface area contributed by atoms with E-state index in [1.165, 1.54) is 44.1 Å². The number of amides is 1. The van der Waals surface area contributed by atoms with Crippen LogP contribution in [0.2, 0.25) is 0 Å². The summed E-state index contributed by atoms with van der Waals surface area (Å²) in [5.74, 6) is 2.18. The summed E-state index contributed by atoms with van der Waals surface area (Å²) in [6.07, 6.45) is 11.4. The number of aromatic nitrogens is 1. The summed E-state index contributed by atoms with van der Waals surface area (Å²) in [6.45, 7) is 0.317. The zero-order valence-electron chi connectivity index (χ0n) is 17.5. The summed E-state index contributed by atoms with van der Waals surface area (Å²) in [7, 11) is 0. The van der Waals surface area contributed by atoms with E-state index in [1.807, 2.05) is 18.2 Å². The van der Waals surface area contributed by atoms with Gasteiger partial charge in [0.05, 0.1) is 0 Å². The van der Waals surface area contributed by atoms with Crippen molar-refractivity contribution in [2.45, 2.75) is 50.5 Å². The maximum absolute atomic E-state index is 12.7. The zero-order chi connectivity index (χ0) is 21.0. The monoisotopic (exact) mass is 414 g/mol. The highest BCUT2D eigenvalue weighted by Crippen LogP contribution is 2.60. The van der Waals surface area contributed by atoms with E-state index in [4.69, 9.17) is 4.42 Å². The van der Waals surface area contributed by atoms with Crippen LogP contribution in [-0.4, -0.2) is 10.9 Å². The number of benzene rings is 1. The van der Waals surface area contributed by atoms with Crippen molar-refractivity contribution in [3.63, 3.8) is 0 Å². The average Bonchev–Trinajstić information content (AvgIpc) is 2.76. The third-order valence-corrected chi connectivity index (χ3v) is 7.80. The van der Waals surface area contributed by atoms with Crippen molar-refractivity contribution in [3.05, 3.63) is 75.9 Å².